The lowest BCUT2D eigenvalue weighted by Crippen LogP contribution is -2.06. The molecule has 17 heavy (non-hydrogen) atoms. The zero-order chi connectivity index (χ0) is 12.4. The highest BCUT2D eigenvalue weighted by Crippen LogP contribution is 2.23. The van der Waals surface area contributed by atoms with Crippen LogP contribution in [0.3, 0.4) is 0 Å². The van der Waals surface area contributed by atoms with E-state index in [-0.39, 0.29) is 0 Å². The molecule has 1 aromatic carbocycles. The number of hydrogen-bond donors (Lipinski definition) is 1. The molecule has 0 aliphatic heterocycles. The van der Waals surface area contributed by atoms with Gasteiger partial charge in [0.25, 0.3) is 0 Å². The van der Waals surface area contributed by atoms with Crippen molar-refractivity contribution >= 4 is 17.4 Å². The Balaban J connectivity index is 2.28. The van der Waals surface area contributed by atoms with Crippen LogP contribution < -0.4 is 10.5 Å². The molecule has 1 heterocycles. The van der Waals surface area contributed by atoms with Gasteiger partial charge in [0.15, 0.2) is 0 Å². The zero-order valence-corrected chi connectivity index (χ0v) is 10.5. The van der Waals surface area contributed by atoms with Gasteiger partial charge in [-0.15, -0.1) is 0 Å². The smallest absolute Gasteiger partial charge is 0.141 e. The normalized spacial score (nSPS) is 10.5. The Kier molecular flexibility index (Phi) is 3.24. The number of benzene rings is 1. The Morgan fingerprint density at radius 1 is 1.47 bits per heavy atom. The van der Waals surface area contributed by atoms with Crippen molar-refractivity contribution in [2.24, 2.45) is 0 Å². The highest BCUT2D eigenvalue weighted by Gasteiger charge is 2.10. The van der Waals surface area contributed by atoms with Crippen molar-refractivity contribution in [2.75, 3.05) is 12.8 Å². The average Bonchev–Trinajstić information content (AvgIpc) is 2.57. The van der Waals surface area contributed by atoms with Crippen LogP contribution in [-0.4, -0.2) is 16.9 Å². The molecule has 2 aromatic rings. The molecular weight excluding hydrogens is 238 g/mol. The van der Waals surface area contributed by atoms with Crippen molar-refractivity contribution in [3.05, 3.63) is 40.5 Å². The van der Waals surface area contributed by atoms with Crippen LogP contribution in [0.15, 0.2) is 24.3 Å². The molecule has 0 bridgehead atoms. The van der Waals surface area contributed by atoms with Crippen LogP contribution in [0.25, 0.3) is 0 Å². The Hall–Kier alpha value is -1.68. The SMILES string of the molecule is COc1cccc(Cn2nc(C)c(Cl)c2N)c1. The number of aryl methyl sites for hydroxylation is 1. The lowest BCUT2D eigenvalue weighted by Gasteiger charge is -2.06. The van der Waals surface area contributed by atoms with Gasteiger partial charge in [0.1, 0.15) is 16.6 Å². The quantitative estimate of drug-likeness (QED) is 0.912. The first-order chi connectivity index (χ1) is 8.11. The average molecular weight is 252 g/mol. The van der Waals surface area contributed by atoms with Crippen LogP contribution >= 0.6 is 11.6 Å². The summed E-state index contributed by atoms with van der Waals surface area (Å²) in [5.74, 6) is 1.31. The lowest BCUT2D eigenvalue weighted by molar-refractivity contribution is 0.414. The number of hydrogen-bond acceptors (Lipinski definition) is 3. The molecule has 0 saturated carbocycles. The van der Waals surface area contributed by atoms with Crippen LogP contribution in [-0.2, 0) is 6.54 Å². The van der Waals surface area contributed by atoms with E-state index in [2.05, 4.69) is 5.10 Å². The number of nitrogens with two attached hydrogens (primary N) is 1. The fraction of sp³-hybridized carbons (Fsp3) is 0.250. The number of rotatable bonds is 3. The topological polar surface area (TPSA) is 53.1 Å². The Morgan fingerprint density at radius 3 is 2.82 bits per heavy atom. The molecule has 4 nitrogen and oxygen atoms in total. The number of nitrogen functional groups attached to an aromatic ring is 1. The third-order valence-electron chi connectivity index (χ3n) is 2.56. The summed E-state index contributed by atoms with van der Waals surface area (Å²) in [6, 6.07) is 7.77. The van der Waals surface area contributed by atoms with Gasteiger partial charge in [-0.25, -0.2) is 4.68 Å². The van der Waals surface area contributed by atoms with E-state index >= 15 is 0 Å². The minimum Gasteiger partial charge on any atom is -0.497 e. The molecule has 0 unspecified atom stereocenters. The number of ether oxygens (including phenoxy) is 1. The summed E-state index contributed by atoms with van der Waals surface area (Å²) in [6.45, 7) is 2.41. The van der Waals surface area contributed by atoms with E-state index in [0.29, 0.717) is 17.4 Å². The minimum atomic E-state index is 0.493. The highest BCUT2D eigenvalue weighted by molar-refractivity contribution is 6.33. The van der Waals surface area contributed by atoms with Crippen LogP contribution in [0.5, 0.6) is 5.75 Å². The molecule has 0 fully saturated rings. The molecule has 0 saturated heterocycles. The van der Waals surface area contributed by atoms with E-state index in [1.165, 1.54) is 0 Å². The van der Waals surface area contributed by atoms with Crippen LogP contribution in [0.2, 0.25) is 5.02 Å². The fourth-order valence-electron chi connectivity index (χ4n) is 1.64. The zero-order valence-electron chi connectivity index (χ0n) is 9.77. The molecule has 2 rings (SSSR count). The van der Waals surface area contributed by atoms with Gasteiger partial charge in [-0.3, -0.25) is 0 Å². The van der Waals surface area contributed by atoms with Gasteiger partial charge >= 0.3 is 0 Å². The largest absolute Gasteiger partial charge is 0.497 e. The van der Waals surface area contributed by atoms with Gasteiger partial charge < -0.3 is 10.5 Å². The third-order valence-corrected chi connectivity index (χ3v) is 3.02. The monoisotopic (exact) mass is 251 g/mol. The number of aromatic nitrogens is 2. The van der Waals surface area contributed by atoms with Crippen molar-refractivity contribution in [1.82, 2.24) is 9.78 Å². The van der Waals surface area contributed by atoms with Crippen molar-refractivity contribution in [3.8, 4) is 5.75 Å². The van der Waals surface area contributed by atoms with Crippen molar-refractivity contribution in [1.29, 1.82) is 0 Å². The minimum absolute atomic E-state index is 0.493. The summed E-state index contributed by atoms with van der Waals surface area (Å²) in [4.78, 5) is 0. The summed E-state index contributed by atoms with van der Waals surface area (Å²) < 4.78 is 6.85. The highest BCUT2D eigenvalue weighted by atomic mass is 35.5. The van der Waals surface area contributed by atoms with E-state index in [1.54, 1.807) is 11.8 Å². The maximum absolute atomic E-state index is 5.99. The first kappa shape index (κ1) is 11.8. The van der Waals surface area contributed by atoms with Crippen molar-refractivity contribution < 1.29 is 4.74 Å². The standard InChI is InChI=1S/C12H14ClN3O/c1-8-11(13)12(14)16(15-8)7-9-4-3-5-10(6-9)17-2/h3-6H,7,14H2,1-2H3. The summed E-state index contributed by atoms with van der Waals surface area (Å²) >= 11 is 5.99. The number of methoxy groups -OCH3 is 1. The summed E-state index contributed by atoms with van der Waals surface area (Å²) in [6.07, 6.45) is 0. The number of anilines is 1. The molecule has 90 valence electrons. The third kappa shape index (κ3) is 2.36. The Bertz CT molecular complexity index is 537. The number of nitrogens with zero attached hydrogens (tertiary/aromatic N) is 2. The van der Waals surface area contributed by atoms with Crippen molar-refractivity contribution in [3.63, 3.8) is 0 Å². The molecule has 2 N–H and O–H groups in total. The molecule has 0 amide bonds. The van der Waals surface area contributed by atoms with Gasteiger partial charge in [-0.2, -0.15) is 5.10 Å². The molecule has 0 radical (unpaired) electrons. The first-order valence-electron chi connectivity index (χ1n) is 5.23. The van der Waals surface area contributed by atoms with E-state index in [0.717, 1.165) is 17.0 Å². The second kappa shape index (κ2) is 4.67. The van der Waals surface area contributed by atoms with Crippen LogP contribution in [0.1, 0.15) is 11.3 Å². The van der Waals surface area contributed by atoms with Gasteiger partial charge in [0.2, 0.25) is 0 Å². The van der Waals surface area contributed by atoms with E-state index in [9.17, 15) is 0 Å². The molecular formula is C12H14ClN3O. The molecule has 1 aromatic heterocycles. The fourth-order valence-corrected chi connectivity index (χ4v) is 1.78. The van der Waals surface area contributed by atoms with E-state index < -0.39 is 0 Å². The van der Waals surface area contributed by atoms with Crippen LogP contribution in [0.4, 0.5) is 5.82 Å². The van der Waals surface area contributed by atoms with Crippen LogP contribution in [0, 0.1) is 6.92 Å². The molecule has 0 aliphatic rings. The predicted molar refractivity (Wildman–Crippen MR) is 68.5 cm³/mol. The number of halogens is 1. The summed E-state index contributed by atoms with van der Waals surface area (Å²) in [5.41, 5.74) is 7.67. The van der Waals surface area contributed by atoms with Gasteiger partial charge in [0, 0.05) is 0 Å². The molecule has 0 aliphatic carbocycles. The second-order valence-corrected chi connectivity index (χ2v) is 4.17. The second-order valence-electron chi connectivity index (χ2n) is 3.79. The Labute approximate surface area is 105 Å². The maximum Gasteiger partial charge on any atom is 0.141 e. The van der Waals surface area contributed by atoms with E-state index in [1.807, 2.05) is 31.2 Å². The van der Waals surface area contributed by atoms with E-state index in [4.69, 9.17) is 22.1 Å². The Morgan fingerprint density at radius 2 is 2.24 bits per heavy atom. The summed E-state index contributed by atoms with van der Waals surface area (Å²) in [7, 11) is 1.64. The van der Waals surface area contributed by atoms with Gasteiger partial charge in [-0.05, 0) is 24.6 Å². The van der Waals surface area contributed by atoms with Crippen molar-refractivity contribution in [2.45, 2.75) is 13.5 Å². The van der Waals surface area contributed by atoms with Gasteiger partial charge in [0.05, 0.1) is 19.3 Å². The molecule has 0 atom stereocenters. The first-order valence-corrected chi connectivity index (χ1v) is 5.61. The predicted octanol–water partition coefficient (Wildman–Crippen LogP) is 2.48. The van der Waals surface area contributed by atoms with Gasteiger partial charge in [-0.1, -0.05) is 23.7 Å². The summed E-state index contributed by atoms with van der Waals surface area (Å²) in [5, 5.41) is 4.80. The maximum atomic E-state index is 5.99. The molecule has 5 heteroatoms. The molecule has 0 spiro atoms. The lowest BCUT2D eigenvalue weighted by atomic mass is 10.2.